The summed E-state index contributed by atoms with van der Waals surface area (Å²) >= 11 is 7.07. The minimum absolute atomic E-state index is 0.180. The maximum absolute atomic E-state index is 11.9. The zero-order valence-corrected chi connectivity index (χ0v) is 10.5. The van der Waals surface area contributed by atoms with E-state index in [1.54, 1.807) is 23.9 Å². The van der Waals surface area contributed by atoms with Gasteiger partial charge in [0, 0.05) is 19.5 Å². The number of pyridine rings is 1. The summed E-state index contributed by atoms with van der Waals surface area (Å²) in [5.41, 5.74) is 0.602. The first-order valence-corrected chi connectivity index (χ1v) is 6.88. The molecule has 0 amide bonds. The van der Waals surface area contributed by atoms with E-state index in [0.29, 0.717) is 13.9 Å². The molecule has 3 nitrogen and oxygen atoms in total. The van der Waals surface area contributed by atoms with Gasteiger partial charge in [0.2, 0.25) is 5.43 Å². The van der Waals surface area contributed by atoms with E-state index in [4.69, 9.17) is 11.6 Å². The van der Waals surface area contributed by atoms with Gasteiger partial charge in [-0.05, 0) is 6.07 Å². The highest BCUT2D eigenvalue weighted by Gasteiger charge is 2.12. The molecule has 0 fully saturated rings. The second kappa shape index (κ2) is 3.73. The van der Waals surface area contributed by atoms with Crippen LogP contribution in [0.4, 0.5) is 0 Å². The van der Waals surface area contributed by atoms with Gasteiger partial charge in [-0.3, -0.25) is 9.00 Å². The van der Waals surface area contributed by atoms with Crippen LogP contribution in [0, 0.1) is 0 Å². The highest BCUT2D eigenvalue weighted by atomic mass is 35.5. The zero-order chi connectivity index (χ0) is 11.2. The van der Waals surface area contributed by atoms with E-state index in [9.17, 15) is 9.00 Å². The van der Waals surface area contributed by atoms with Crippen molar-refractivity contribution in [1.29, 1.82) is 0 Å². The Labute approximate surface area is 97.8 Å². The third-order valence-corrected chi connectivity index (χ3v) is 4.28. The van der Waals surface area contributed by atoms with E-state index < -0.39 is 10.8 Å². The Hall–Kier alpha value is -0.650. The Bertz CT molecular complexity index is 614. The molecule has 1 atom stereocenters. The molecule has 0 saturated heterocycles. The van der Waals surface area contributed by atoms with Crippen molar-refractivity contribution >= 4 is 44.0 Å². The highest BCUT2D eigenvalue weighted by molar-refractivity contribution is 7.84. The molecule has 0 aromatic carbocycles. The van der Waals surface area contributed by atoms with Crippen LogP contribution in [0.2, 0.25) is 4.34 Å². The molecular weight excluding hydrogens is 254 g/mol. The minimum Gasteiger partial charge on any atom is -0.348 e. The van der Waals surface area contributed by atoms with E-state index in [1.165, 1.54) is 17.6 Å². The summed E-state index contributed by atoms with van der Waals surface area (Å²) in [6.07, 6.45) is 3.10. The average Bonchev–Trinajstić information content (AvgIpc) is 2.53. The summed E-state index contributed by atoms with van der Waals surface area (Å²) in [5.74, 6) is 0. The number of hydrogen-bond acceptors (Lipinski definition) is 3. The molecule has 2 aromatic rings. The van der Waals surface area contributed by atoms with Crippen LogP contribution in [-0.4, -0.2) is 15.0 Å². The molecule has 0 N–H and O–H groups in total. The molecule has 1 unspecified atom stereocenters. The quantitative estimate of drug-likeness (QED) is 0.788. The third-order valence-electron chi connectivity index (χ3n) is 2.11. The number of nitrogens with zero attached hydrogens (tertiary/aromatic N) is 1. The number of hydrogen-bond donors (Lipinski definition) is 0. The lowest BCUT2D eigenvalue weighted by molar-refractivity contribution is 0.685. The molecule has 0 bridgehead atoms. The molecule has 15 heavy (non-hydrogen) atoms. The number of fused-ring (bicyclic) bond motifs is 1. The third kappa shape index (κ3) is 1.75. The van der Waals surface area contributed by atoms with E-state index in [1.807, 2.05) is 0 Å². The van der Waals surface area contributed by atoms with Crippen molar-refractivity contribution in [3.8, 4) is 0 Å². The van der Waals surface area contributed by atoms with Gasteiger partial charge in [0.1, 0.15) is 9.60 Å². The van der Waals surface area contributed by atoms with Crippen LogP contribution in [0.3, 0.4) is 0 Å². The van der Waals surface area contributed by atoms with Crippen LogP contribution in [0.1, 0.15) is 0 Å². The van der Waals surface area contributed by atoms with Crippen molar-refractivity contribution < 1.29 is 4.21 Å². The number of thiophene rings is 1. The normalized spacial score (nSPS) is 13.3. The Morgan fingerprint density at radius 3 is 2.80 bits per heavy atom. The summed E-state index contributed by atoms with van der Waals surface area (Å²) < 4.78 is 14.2. The molecule has 80 valence electrons. The van der Waals surface area contributed by atoms with Crippen molar-refractivity contribution in [3.05, 3.63) is 26.8 Å². The molecule has 2 heterocycles. The highest BCUT2D eigenvalue weighted by Crippen LogP contribution is 2.27. The first kappa shape index (κ1) is 10.9. The van der Waals surface area contributed by atoms with Crippen LogP contribution in [0.25, 0.3) is 10.2 Å². The maximum atomic E-state index is 11.9. The van der Waals surface area contributed by atoms with Gasteiger partial charge in [-0.2, -0.15) is 0 Å². The summed E-state index contributed by atoms with van der Waals surface area (Å²) in [6.45, 7) is 0. The van der Waals surface area contributed by atoms with Crippen molar-refractivity contribution in [1.82, 2.24) is 4.57 Å². The summed E-state index contributed by atoms with van der Waals surface area (Å²) in [4.78, 5) is 12.2. The van der Waals surface area contributed by atoms with Gasteiger partial charge in [0.15, 0.2) is 0 Å². The standard InChI is InChI=1S/C9H8ClNO2S2/c1-11-4-6(15(2)13)8(12)9-5(11)3-7(10)14-9/h3-4H,1-2H3. The molecule has 0 spiro atoms. The SMILES string of the molecule is Cn1cc(S(C)=O)c(=O)c2sc(Cl)cc21. The monoisotopic (exact) mass is 261 g/mol. The van der Waals surface area contributed by atoms with Crippen LogP contribution < -0.4 is 5.43 Å². The molecule has 0 aliphatic carbocycles. The molecule has 0 aliphatic rings. The fourth-order valence-electron chi connectivity index (χ4n) is 1.40. The smallest absolute Gasteiger partial charge is 0.215 e. The first-order chi connectivity index (χ1) is 7.00. The molecule has 2 rings (SSSR count). The van der Waals surface area contributed by atoms with E-state index in [-0.39, 0.29) is 5.43 Å². The van der Waals surface area contributed by atoms with Gasteiger partial charge in [0.25, 0.3) is 0 Å². The van der Waals surface area contributed by atoms with E-state index in [2.05, 4.69) is 0 Å². The van der Waals surface area contributed by atoms with Gasteiger partial charge in [-0.1, -0.05) is 11.6 Å². The van der Waals surface area contributed by atoms with Gasteiger partial charge >= 0.3 is 0 Å². The Morgan fingerprint density at radius 2 is 2.20 bits per heavy atom. The van der Waals surface area contributed by atoms with E-state index >= 15 is 0 Å². The lowest BCUT2D eigenvalue weighted by Gasteiger charge is -2.02. The van der Waals surface area contributed by atoms with Crippen LogP contribution in [-0.2, 0) is 17.8 Å². The second-order valence-corrected chi connectivity index (χ2v) is 6.18. The van der Waals surface area contributed by atoms with Gasteiger partial charge in [-0.15, -0.1) is 11.3 Å². The summed E-state index contributed by atoms with van der Waals surface area (Å²) in [5, 5.41) is 0. The molecule has 0 aliphatic heterocycles. The zero-order valence-electron chi connectivity index (χ0n) is 8.11. The average molecular weight is 262 g/mol. The van der Waals surface area contributed by atoms with Crippen molar-refractivity contribution in [2.24, 2.45) is 7.05 Å². The second-order valence-electron chi connectivity index (χ2n) is 3.15. The topological polar surface area (TPSA) is 39.1 Å². The minimum atomic E-state index is -1.27. The van der Waals surface area contributed by atoms with Crippen molar-refractivity contribution in [2.75, 3.05) is 6.26 Å². The fraction of sp³-hybridized carbons (Fsp3) is 0.222. The van der Waals surface area contributed by atoms with Gasteiger partial charge in [-0.25, -0.2) is 0 Å². The van der Waals surface area contributed by atoms with Crippen LogP contribution in [0.5, 0.6) is 0 Å². The molecule has 0 radical (unpaired) electrons. The van der Waals surface area contributed by atoms with Gasteiger partial charge in [0.05, 0.1) is 20.7 Å². The summed E-state index contributed by atoms with van der Waals surface area (Å²) in [6, 6.07) is 1.74. The van der Waals surface area contributed by atoms with E-state index in [0.717, 1.165) is 5.52 Å². The number of aromatic nitrogens is 1. The lowest BCUT2D eigenvalue weighted by atomic mass is 10.4. The molecule has 6 heteroatoms. The Morgan fingerprint density at radius 1 is 1.53 bits per heavy atom. The predicted octanol–water partition coefficient (Wildman–Crippen LogP) is 1.99. The maximum Gasteiger partial charge on any atom is 0.215 e. The fourth-order valence-corrected chi connectivity index (χ4v) is 3.34. The van der Waals surface area contributed by atoms with Crippen LogP contribution in [0.15, 0.2) is 22.0 Å². The van der Waals surface area contributed by atoms with Crippen molar-refractivity contribution in [2.45, 2.75) is 4.90 Å². The predicted molar refractivity (Wildman–Crippen MR) is 64.4 cm³/mol. The first-order valence-electron chi connectivity index (χ1n) is 4.13. The summed E-state index contributed by atoms with van der Waals surface area (Å²) in [7, 11) is 0.539. The number of aryl methyl sites for hydroxylation is 1. The van der Waals surface area contributed by atoms with Crippen molar-refractivity contribution in [3.63, 3.8) is 0 Å². The molecule has 0 saturated carbocycles. The molecule has 2 aromatic heterocycles. The largest absolute Gasteiger partial charge is 0.348 e. The molecular formula is C9H8ClNO2S2. The Kier molecular flexibility index (Phi) is 2.70. The van der Waals surface area contributed by atoms with Gasteiger partial charge < -0.3 is 4.57 Å². The number of rotatable bonds is 1. The Balaban J connectivity index is 2.96. The van der Waals surface area contributed by atoms with Crippen LogP contribution >= 0.6 is 22.9 Å². The lowest BCUT2D eigenvalue weighted by Crippen LogP contribution is -2.12. The number of halogens is 1.